The summed E-state index contributed by atoms with van der Waals surface area (Å²) in [6, 6.07) is 5.48. The molecule has 3 aromatic heterocycles. The van der Waals surface area contributed by atoms with Crippen LogP contribution < -0.4 is 20.7 Å². The molecule has 3 N–H and O–H groups in total. The summed E-state index contributed by atoms with van der Waals surface area (Å²) in [7, 11) is 3.44. The third-order valence-corrected chi connectivity index (χ3v) is 5.67. The Kier molecular flexibility index (Phi) is 5.61. The normalized spacial score (nSPS) is 14.4. The first-order chi connectivity index (χ1) is 16.1. The van der Waals surface area contributed by atoms with Gasteiger partial charge in [0.05, 0.1) is 37.1 Å². The molecule has 33 heavy (non-hydrogen) atoms. The number of nitrogens with one attached hydrogen (secondary N) is 3. The van der Waals surface area contributed by atoms with Gasteiger partial charge in [-0.2, -0.15) is 10.1 Å². The van der Waals surface area contributed by atoms with Gasteiger partial charge in [0, 0.05) is 36.5 Å². The molecule has 0 atom stereocenters. The summed E-state index contributed by atoms with van der Waals surface area (Å²) in [5, 5.41) is 18.3. The van der Waals surface area contributed by atoms with E-state index < -0.39 is 0 Å². The number of anilines is 3. The van der Waals surface area contributed by atoms with E-state index in [0.717, 1.165) is 42.9 Å². The molecular weight excluding hydrogens is 422 g/mol. The van der Waals surface area contributed by atoms with Gasteiger partial charge < -0.3 is 20.7 Å². The number of methoxy groups -OCH3 is 1. The molecule has 1 aliphatic heterocycles. The Morgan fingerprint density at radius 3 is 2.82 bits per heavy atom. The zero-order valence-corrected chi connectivity index (χ0v) is 18.4. The number of hydrogen-bond acceptors (Lipinski definition) is 8. The van der Waals surface area contributed by atoms with Crippen LogP contribution in [0.2, 0.25) is 0 Å². The minimum atomic E-state index is 0.0125. The highest BCUT2D eigenvalue weighted by Crippen LogP contribution is 2.30. The van der Waals surface area contributed by atoms with E-state index in [2.05, 4.69) is 36.1 Å². The van der Waals surface area contributed by atoms with Crippen LogP contribution in [0.3, 0.4) is 0 Å². The Morgan fingerprint density at radius 2 is 2.06 bits per heavy atom. The van der Waals surface area contributed by atoms with E-state index in [9.17, 15) is 4.79 Å². The number of carbonyl (C=O) groups excluding carboxylic acids is 1. The number of nitrogens with zero attached hydrogens (tertiary/aromatic N) is 6. The minimum Gasteiger partial charge on any atom is -0.494 e. The number of amides is 1. The van der Waals surface area contributed by atoms with Crippen LogP contribution in [-0.4, -0.2) is 55.5 Å². The van der Waals surface area contributed by atoms with Crippen molar-refractivity contribution in [1.29, 1.82) is 0 Å². The zero-order chi connectivity index (χ0) is 22.8. The maximum Gasteiger partial charge on any atom is 0.247 e. The standard InChI is InChI=1S/C22H25N9O2/c1-30-13-15(10-25-30)18-11-24-12-20-28-22(29-31(18)20)26-16-3-4-17(19(9-16)33-2)27-21(32)14-5-7-23-8-6-14/h3-4,9-14,23H,5-8H2,1-2H3,(H,26,29)(H,27,32). The van der Waals surface area contributed by atoms with Crippen molar-refractivity contribution in [3.05, 3.63) is 43.0 Å². The molecule has 0 aliphatic carbocycles. The van der Waals surface area contributed by atoms with Gasteiger partial charge in [0.25, 0.3) is 0 Å². The molecule has 1 fully saturated rings. The summed E-state index contributed by atoms with van der Waals surface area (Å²) < 4.78 is 8.96. The summed E-state index contributed by atoms with van der Waals surface area (Å²) in [5.74, 6) is 1.01. The Hall–Kier alpha value is -3.99. The molecule has 4 aromatic rings. The van der Waals surface area contributed by atoms with Gasteiger partial charge in [-0.25, -0.2) is 4.52 Å². The fraction of sp³-hybridized carbons (Fsp3) is 0.318. The summed E-state index contributed by atoms with van der Waals surface area (Å²) in [6.07, 6.45) is 8.70. The summed E-state index contributed by atoms with van der Waals surface area (Å²) in [5.41, 5.74) is 3.66. The van der Waals surface area contributed by atoms with E-state index in [1.165, 1.54) is 0 Å². The number of carbonyl (C=O) groups is 1. The number of benzene rings is 1. The number of fused-ring (bicyclic) bond motifs is 1. The highest BCUT2D eigenvalue weighted by molar-refractivity contribution is 5.94. The molecule has 4 heterocycles. The van der Waals surface area contributed by atoms with Crippen LogP contribution >= 0.6 is 0 Å². The van der Waals surface area contributed by atoms with Crippen molar-refractivity contribution in [2.45, 2.75) is 12.8 Å². The lowest BCUT2D eigenvalue weighted by Crippen LogP contribution is -2.34. The van der Waals surface area contributed by atoms with Crippen LogP contribution in [0.1, 0.15) is 12.8 Å². The smallest absolute Gasteiger partial charge is 0.247 e. The molecule has 0 unspecified atom stereocenters. The fourth-order valence-electron chi connectivity index (χ4n) is 3.94. The topological polar surface area (TPSA) is 123 Å². The third kappa shape index (κ3) is 4.35. The van der Waals surface area contributed by atoms with Crippen LogP contribution in [-0.2, 0) is 11.8 Å². The van der Waals surface area contributed by atoms with Gasteiger partial charge in [0.15, 0.2) is 5.65 Å². The Bertz CT molecular complexity index is 1290. The monoisotopic (exact) mass is 447 g/mol. The van der Waals surface area contributed by atoms with Gasteiger partial charge in [-0.3, -0.25) is 14.5 Å². The van der Waals surface area contributed by atoms with Crippen LogP contribution in [0.25, 0.3) is 16.9 Å². The average molecular weight is 448 g/mol. The summed E-state index contributed by atoms with van der Waals surface area (Å²) in [6.45, 7) is 1.73. The van der Waals surface area contributed by atoms with E-state index >= 15 is 0 Å². The number of ether oxygens (including phenoxy) is 1. The minimum absolute atomic E-state index is 0.0125. The molecule has 5 rings (SSSR count). The van der Waals surface area contributed by atoms with Crippen molar-refractivity contribution >= 4 is 28.9 Å². The van der Waals surface area contributed by atoms with E-state index in [1.54, 1.807) is 34.9 Å². The summed E-state index contributed by atoms with van der Waals surface area (Å²) in [4.78, 5) is 21.4. The highest BCUT2D eigenvalue weighted by atomic mass is 16.5. The molecule has 0 saturated carbocycles. The zero-order valence-electron chi connectivity index (χ0n) is 18.4. The van der Waals surface area contributed by atoms with Crippen molar-refractivity contribution < 1.29 is 9.53 Å². The first-order valence-electron chi connectivity index (χ1n) is 10.8. The van der Waals surface area contributed by atoms with Crippen molar-refractivity contribution in [2.75, 3.05) is 30.8 Å². The Labute approximate surface area is 190 Å². The van der Waals surface area contributed by atoms with Crippen molar-refractivity contribution in [2.24, 2.45) is 13.0 Å². The maximum atomic E-state index is 12.6. The molecule has 0 spiro atoms. The molecule has 1 saturated heterocycles. The molecule has 11 nitrogen and oxygen atoms in total. The number of rotatable bonds is 6. The lowest BCUT2D eigenvalue weighted by molar-refractivity contribution is -0.120. The molecule has 1 aromatic carbocycles. The van der Waals surface area contributed by atoms with Crippen LogP contribution in [0.4, 0.5) is 17.3 Å². The fourth-order valence-corrected chi connectivity index (χ4v) is 3.94. The van der Waals surface area contributed by atoms with E-state index in [0.29, 0.717) is 23.0 Å². The maximum absolute atomic E-state index is 12.6. The first-order valence-corrected chi connectivity index (χ1v) is 10.8. The molecule has 11 heteroatoms. The lowest BCUT2D eigenvalue weighted by Gasteiger charge is -2.22. The van der Waals surface area contributed by atoms with Gasteiger partial charge in [-0.05, 0) is 38.1 Å². The van der Waals surface area contributed by atoms with E-state index in [4.69, 9.17) is 4.74 Å². The van der Waals surface area contributed by atoms with E-state index in [1.807, 2.05) is 31.4 Å². The molecule has 1 amide bonds. The SMILES string of the molecule is COc1cc(Nc2nc3cncc(-c4cnn(C)c4)n3n2)ccc1NC(=O)C1CCNCC1. The van der Waals surface area contributed by atoms with Crippen molar-refractivity contribution in [3.63, 3.8) is 0 Å². The molecule has 170 valence electrons. The summed E-state index contributed by atoms with van der Waals surface area (Å²) >= 11 is 0. The van der Waals surface area contributed by atoms with Crippen molar-refractivity contribution in [3.8, 4) is 17.0 Å². The number of aryl methyl sites for hydroxylation is 1. The Balaban J connectivity index is 1.36. The Morgan fingerprint density at radius 1 is 1.21 bits per heavy atom. The van der Waals surface area contributed by atoms with Crippen LogP contribution in [0, 0.1) is 5.92 Å². The van der Waals surface area contributed by atoms with Crippen LogP contribution in [0.5, 0.6) is 5.75 Å². The predicted octanol–water partition coefficient (Wildman–Crippen LogP) is 2.22. The van der Waals surface area contributed by atoms with Crippen LogP contribution in [0.15, 0.2) is 43.0 Å². The highest BCUT2D eigenvalue weighted by Gasteiger charge is 2.22. The van der Waals surface area contributed by atoms with Gasteiger partial charge >= 0.3 is 0 Å². The second kappa shape index (κ2) is 8.87. The molecule has 0 radical (unpaired) electrons. The second-order valence-electron chi connectivity index (χ2n) is 7.95. The lowest BCUT2D eigenvalue weighted by atomic mass is 9.97. The van der Waals surface area contributed by atoms with Gasteiger partial charge in [0.1, 0.15) is 5.75 Å². The van der Waals surface area contributed by atoms with Gasteiger partial charge in [-0.1, -0.05) is 0 Å². The number of aromatic nitrogens is 6. The van der Waals surface area contributed by atoms with E-state index in [-0.39, 0.29) is 11.8 Å². The van der Waals surface area contributed by atoms with Crippen molar-refractivity contribution in [1.82, 2.24) is 34.7 Å². The quantitative estimate of drug-likeness (QED) is 0.411. The number of hydrogen-bond donors (Lipinski definition) is 3. The largest absolute Gasteiger partial charge is 0.494 e. The van der Waals surface area contributed by atoms with Gasteiger partial charge in [-0.15, -0.1) is 5.10 Å². The number of piperidine rings is 1. The first kappa shape index (κ1) is 20.9. The molecular formula is C22H25N9O2. The predicted molar refractivity (Wildman–Crippen MR) is 123 cm³/mol. The second-order valence-corrected chi connectivity index (χ2v) is 7.95. The molecule has 0 bridgehead atoms. The van der Waals surface area contributed by atoms with Gasteiger partial charge in [0.2, 0.25) is 11.9 Å². The third-order valence-electron chi connectivity index (χ3n) is 5.67. The molecule has 1 aliphatic rings. The average Bonchev–Trinajstić information content (AvgIpc) is 3.46.